The smallest absolute Gasteiger partial charge is 0.359 e. The molecule has 3 N–H and O–H groups in total. The van der Waals surface area contributed by atoms with Gasteiger partial charge in [-0.05, 0) is 48.5 Å². The molecule has 0 fully saturated rings. The first kappa shape index (κ1) is 29.0. The molecule has 43 heavy (non-hydrogen) atoms. The number of aromatic nitrogens is 4. The zero-order valence-corrected chi connectivity index (χ0v) is 23.9. The first-order valence-electron chi connectivity index (χ1n) is 12.6. The predicted molar refractivity (Wildman–Crippen MR) is 165 cm³/mol. The summed E-state index contributed by atoms with van der Waals surface area (Å²) in [5.74, 6) is 10.4. The van der Waals surface area contributed by atoms with Crippen molar-refractivity contribution in [2.24, 2.45) is 0 Å². The minimum Gasteiger partial charge on any atom is -0.476 e. The van der Waals surface area contributed by atoms with Crippen LogP contribution in [-0.4, -0.2) is 44.5 Å². The summed E-state index contributed by atoms with van der Waals surface area (Å²) in [4.78, 5) is 22.8. The van der Waals surface area contributed by atoms with Crippen LogP contribution in [0.5, 0.6) is 0 Å². The van der Waals surface area contributed by atoms with E-state index in [2.05, 4.69) is 44.1 Å². The molecule has 10 heteroatoms. The standard InChI is InChI=1S/C17H11ClN2O2.C16H9ClN2O2/c1-22-17(21)16-13-9-12(14(18)10-15(13)19-20-16)8-7-11-5-3-2-4-6-11;17-13-9-14-12(15(16(20)21)19-18-14)8-11(13)7-6-10-4-2-1-3-5-10/h2-6,9-10H,1H3,(H,19,20);1-5,8-9H,(H,18,19)(H,20,21). The summed E-state index contributed by atoms with van der Waals surface area (Å²) >= 11 is 12.4. The average Bonchev–Trinajstić information content (AvgIpc) is 3.63. The van der Waals surface area contributed by atoms with Crippen molar-refractivity contribution in [3.63, 3.8) is 0 Å². The van der Waals surface area contributed by atoms with Gasteiger partial charge in [-0.15, -0.1) is 0 Å². The van der Waals surface area contributed by atoms with Crippen LogP contribution < -0.4 is 0 Å². The number of rotatable bonds is 2. The van der Waals surface area contributed by atoms with E-state index in [0.717, 1.165) is 11.1 Å². The van der Waals surface area contributed by atoms with Gasteiger partial charge in [-0.25, -0.2) is 9.59 Å². The normalized spacial score (nSPS) is 10.1. The molecule has 0 amide bonds. The van der Waals surface area contributed by atoms with Crippen LogP contribution in [0.4, 0.5) is 0 Å². The summed E-state index contributed by atoms with van der Waals surface area (Å²) in [6.07, 6.45) is 0. The summed E-state index contributed by atoms with van der Waals surface area (Å²) in [6.45, 7) is 0. The highest BCUT2D eigenvalue weighted by atomic mass is 35.5. The number of fused-ring (bicyclic) bond motifs is 2. The highest BCUT2D eigenvalue weighted by Crippen LogP contribution is 2.26. The van der Waals surface area contributed by atoms with Crippen LogP contribution in [0.1, 0.15) is 43.2 Å². The van der Waals surface area contributed by atoms with Crippen LogP contribution >= 0.6 is 23.2 Å². The maximum atomic E-state index is 11.7. The summed E-state index contributed by atoms with van der Waals surface area (Å²) in [5, 5.41) is 24.3. The highest BCUT2D eigenvalue weighted by Gasteiger charge is 2.16. The van der Waals surface area contributed by atoms with Crippen molar-refractivity contribution >= 4 is 56.9 Å². The largest absolute Gasteiger partial charge is 0.476 e. The van der Waals surface area contributed by atoms with E-state index in [9.17, 15) is 9.59 Å². The van der Waals surface area contributed by atoms with Crippen molar-refractivity contribution in [2.75, 3.05) is 7.11 Å². The van der Waals surface area contributed by atoms with Gasteiger partial charge < -0.3 is 9.84 Å². The van der Waals surface area contributed by atoms with Gasteiger partial charge >= 0.3 is 11.9 Å². The summed E-state index contributed by atoms with van der Waals surface area (Å²) in [7, 11) is 1.31. The molecule has 0 spiro atoms. The minimum absolute atomic E-state index is 0.0376. The van der Waals surface area contributed by atoms with E-state index < -0.39 is 11.9 Å². The molecular weight excluding hydrogens is 587 g/mol. The number of H-pyrrole nitrogens is 2. The fraction of sp³-hybridized carbons (Fsp3) is 0.0303. The lowest BCUT2D eigenvalue weighted by Gasteiger charge is -1.98. The Morgan fingerprint density at radius 2 is 1.14 bits per heavy atom. The third kappa shape index (κ3) is 6.69. The van der Waals surface area contributed by atoms with Crippen molar-refractivity contribution in [3.8, 4) is 23.7 Å². The molecular formula is C33H20Cl2N4O4. The molecule has 0 aliphatic heterocycles. The van der Waals surface area contributed by atoms with Gasteiger partial charge in [0.2, 0.25) is 0 Å². The molecule has 0 aliphatic carbocycles. The Hall–Kier alpha value is -5.54. The Bertz CT molecular complexity index is 2100. The number of nitrogens with zero attached hydrogens (tertiary/aromatic N) is 2. The van der Waals surface area contributed by atoms with Crippen molar-refractivity contribution in [1.29, 1.82) is 0 Å². The number of halogens is 2. The van der Waals surface area contributed by atoms with Gasteiger partial charge in [0.1, 0.15) is 0 Å². The Morgan fingerprint density at radius 3 is 1.58 bits per heavy atom. The molecule has 0 bridgehead atoms. The Labute approximate surface area is 255 Å². The van der Waals surface area contributed by atoms with Crippen LogP contribution in [0.25, 0.3) is 21.8 Å². The third-order valence-electron chi connectivity index (χ3n) is 6.11. The number of ether oxygens (including phenoxy) is 1. The first-order valence-corrected chi connectivity index (χ1v) is 13.4. The number of carbonyl (C=O) groups is 2. The Balaban J connectivity index is 0.000000171. The highest BCUT2D eigenvalue weighted by molar-refractivity contribution is 6.33. The van der Waals surface area contributed by atoms with Crippen LogP contribution in [-0.2, 0) is 4.74 Å². The number of nitrogens with one attached hydrogen (secondary N) is 2. The molecule has 0 unspecified atom stereocenters. The lowest BCUT2D eigenvalue weighted by molar-refractivity contribution is 0.0595. The van der Waals surface area contributed by atoms with Crippen LogP contribution in [0.15, 0.2) is 84.9 Å². The summed E-state index contributed by atoms with van der Waals surface area (Å²) in [6, 6.07) is 25.8. The van der Waals surface area contributed by atoms with Gasteiger partial charge in [0.05, 0.1) is 28.2 Å². The first-order chi connectivity index (χ1) is 20.8. The van der Waals surface area contributed by atoms with Gasteiger partial charge in [-0.1, -0.05) is 83.3 Å². The summed E-state index contributed by atoms with van der Waals surface area (Å²) in [5.41, 5.74) is 4.36. The lowest BCUT2D eigenvalue weighted by atomic mass is 10.1. The third-order valence-corrected chi connectivity index (χ3v) is 6.74. The molecule has 2 heterocycles. The lowest BCUT2D eigenvalue weighted by Crippen LogP contribution is -2.02. The van der Waals surface area contributed by atoms with E-state index in [1.54, 1.807) is 24.3 Å². The van der Waals surface area contributed by atoms with Crippen LogP contribution in [0.3, 0.4) is 0 Å². The number of hydrogen-bond acceptors (Lipinski definition) is 5. The van der Waals surface area contributed by atoms with E-state index in [4.69, 9.17) is 33.0 Å². The van der Waals surface area contributed by atoms with E-state index in [1.807, 2.05) is 60.7 Å². The average molecular weight is 607 g/mol. The second-order valence-corrected chi connectivity index (χ2v) is 9.74. The zero-order chi connectivity index (χ0) is 30.3. The van der Waals surface area contributed by atoms with Crippen molar-refractivity contribution < 1.29 is 19.4 Å². The van der Waals surface area contributed by atoms with Gasteiger partial charge in [0.15, 0.2) is 11.4 Å². The number of benzene rings is 4. The quantitative estimate of drug-likeness (QED) is 0.149. The van der Waals surface area contributed by atoms with E-state index in [1.165, 1.54) is 7.11 Å². The maximum Gasteiger partial charge on any atom is 0.359 e. The number of aromatic carboxylic acids is 1. The molecule has 0 atom stereocenters. The molecule has 6 aromatic rings. The molecule has 0 saturated carbocycles. The fourth-order valence-electron chi connectivity index (χ4n) is 4.00. The monoisotopic (exact) mass is 606 g/mol. The number of methoxy groups -OCH3 is 1. The Kier molecular flexibility index (Phi) is 8.74. The van der Waals surface area contributed by atoms with Gasteiger partial charge in [0, 0.05) is 33.0 Å². The molecule has 0 aliphatic rings. The molecule has 4 aromatic carbocycles. The molecule has 8 nitrogen and oxygen atoms in total. The predicted octanol–water partition coefficient (Wildman–Crippen LogP) is 6.72. The number of carboxylic acid groups (broad SMARTS) is 1. The number of carbonyl (C=O) groups excluding carboxylic acids is 1. The maximum absolute atomic E-state index is 11.7. The number of aromatic amines is 2. The van der Waals surface area contributed by atoms with Crippen molar-refractivity contribution in [1.82, 2.24) is 20.4 Å². The zero-order valence-electron chi connectivity index (χ0n) is 22.4. The minimum atomic E-state index is -1.09. The van der Waals surface area contributed by atoms with Crippen molar-refractivity contribution in [2.45, 2.75) is 0 Å². The second-order valence-electron chi connectivity index (χ2n) is 8.93. The molecule has 0 saturated heterocycles. The van der Waals surface area contributed by atoms with E-state index in [-0.39, 0.29) is 11.4 Å². The number of hydrogen-bond donors (Lipinski definition) is 3. The number of esters is 1. The molecule has 0 radical (unpaired) electrons. The fourth-order valence-corrected chi connectivity index (χ4v) is 4.43. The van der Waals surface area contributed by atoms with Gasteiger partial charge in [-0.3, -0.25) is 10.2 Å². The van der Waals surface area contributed by atoms with Gasteiger partial charge in [-0.2, -0.15) is 10.2 Å². The van der Waals surface area contributed by atoms with Crippen LogP contribution in [0.2, 0.25) is 10.0 Å². The molecule has 2 aromatic heterocycles. The Morgan fingerprint density at radius 1 is 0.698 bits per heavy atom. The van der Waals surface area contributed by atoms with Crippen LogP contribution in [0, 0.1) is 23.7 Å². The van der Waals surface area contributed by atoms with E-state index in [0.29, 0.717) is 43.0 Å². The van der Waals surface area contributed by atoms with E-state index >= 15 is 0 Å². The van der Waals surface area contributed by atoms with Crippen molar-refractivity contribution in [3.05, 3.63) is 129 Å². The topological polar surface area (TPSA) is 121 Å². The summed E-state index contributed by atoms with van der Waals surface area (Å²) < 4.78 is 4.71. The molecule has 210 valence electrons. The number of carboxylic acids is 1. The SMILES string of the molecule is COC(=O)c1n[nH]c2cc(Cl)c(C#Cc3ccccc3)cc12.O=C(O)c1n[nH]c2cc(Cl)c(C#Cc3ccccc3)cc12. The van der Waals surface area contributed by atoms with Gasteiger partial charge in [0.25, 0.3) is 0 Å². The second kappa shape index (κ2) is 13.0. The molecule has 6 rings (SSSR count).